The minimum atomic E-state index is -0.463. The first kappa shape index (κ1) is 18.8. The van der Waals surface area contributed by atoms with Crippen molar-refractivity contribution in [2.24, 2.45) is 0 Å². The average Bonchev–Trinajstić information content (AvgIpc) is 3.32. The van der Waals surface area contributed by atoms with Crippen LogP contribution in [-0.2, 0) is 20.7 Å². The van der Waals surface area contributed by atoms with Gasteiger partial charge in [-0.3, -0.25) is 9.59 Å². The summed E-state index contributed by atoms with van der Waals surface area (Å²) >= 11 is 1.53. The number of rotatable bonds is 7. The van der Waals surface area contributed by atoms with E-state index >= 15 is 0 Å². The van der Waals surface area contributed by atoms with E-state index in [1.54, 1.807) is 6.92 Å². The lowest BCUT2D eigenvalue weighted by Gasteiger charge is -2.18. The molecule has 1 unspecified atom stereocenters. The highest BCUT2D eigenvalue weighted by Gasteiger charge is 2.21. The number of aromatic nitrogens is 1. The molecule has 0 saturated carbocycles. The zero-order valence-corrected chi connectivity index (χ0v) is 15.9. The molecule has 1 aromatic carbocycles. The van der Waals surface area contributed by atoms with Gasteiger partial charge in [0.2, 0.25) is 11.8 Å². The van der Waals surface area contributed by atoms with Crippen molar-refractivity contribution >= 4 is 23.2 Å². The first-order chi connectivity index (χ1) is 13.1. The summed E-state index contributed by atoms with van der Waals surface area (Å²) in [5.41, 5.74) is 1.42. The fraction of sp³-hybridized carbons (Fsp3) is 0.250. The molecule has 7 heteroatoms. The number of nitrogens with zero attached hydrogens (tertiary/aromatic N) is 1. The lowest BCUT2D eigenvalue weighted by atomic mass is 10.0. The number of methoxy groups -OCH3 is 1. The van der Waals surface area contributed by atoms with E-state index in [1.165, 1.54) is 18.4 Å². The molecule has 3 rings (SSSR count). The van der Waals surface area contributed by atoms with Gasteiger partial charge >= 0.3 is 5.97 Å². The average molecular weight is 384 g/mol. The Balaban J connectivity index is 1.72. The Morgan fingerprint density at radius 1 is 1.22 bits per heavy atom. The number of hydrogen-bond acceptors (Lipinski definition) is 6. The van der Waals surface area contributed by atoms with Gasteiger partial charge in [-0.2, -0.15) is 0 Å². The van der Waals surface area contributed by atoms with E-state index in [0.717, 1.165) is 10.4 Å². The zero-order chi connectivity index (χ0) is 19.2. The van der Waals surface area contributed by atoms with E-state index in [4.69, 9.17) is 9.15 Å². The summed E-state index contributed by atoms with van der Waals surface area (Å²) in [6.07, 6.45) is 0.135. The molecular weight excluding hydrogens is 364 g/mol. The highest BCUT2D eigenvalue weighted by molar-refractivity contribution is 7.13. The Kier molecular flexibility index (Phi) is 6.03. The van der Waals surface area contributed by atoms with Crippen LogP contribution in [0.4, 0.5) is 0 Å². The summed E-state index contributed by atoms with van der Waals surface area (Å²) in [6.45, 7) is 1.79. The van der Waals surface area contributed by atoms with Crippen molar-refractivity contribution in [3.8, 4) is 10.8 Å². The molecule has 0 saturated heterocycles. The maximum Gasteiger partial charge on any atom is 0.307 e. The van der Waals surface area contributed by atoms with Gasteiger partial charge in [0.05, 0.1) is 36.6 Å². The van der Waals surface area contributed by atoms with Gasteiger partial charge in [0.1, 0.15) is 5.76 Å². The van der Waals surface area contributed by atoms with Gasteiger partial charge in [-0.1, -0.05) is 36.4 Å². The van der Waals surface area contributed by atoms with Crippen LogP contribution in [0.15, 0.2) is 52.3 Å². The number of aryl methyl sites for hydroxylation is 1. The van der Waals surface area contributed by atoms with Crippen molar-refractivity contribution in [3.05, 3.63) is 64.9 Å². The molecule has 2 aromatic heterocycles. The highest BCUT2D eigenvalue weighted by Crippen LogP contribution is 2.26. The molecule has 140 valence electrons. The minimum absolute atomic E-state index is 0.0600. The lowest BCUT2D eigenvalue weighted by molar-refractivity contribution is -0.141. The number of carbonyl (C=O) groups is 2. The molecule has 1 N–H and O–H groups in total. The van der Waals surface area contributed by atoms with Gasteiger partial charge in [0, 0.05) is 0 Å². The summed E-state index contributed by atoms with van der Waals surface area (Å²) < 4.78 is 10.4. The lowest BCUT2D eigenvalue weighted by Crippen LogP contribution is -2.31. The fourth-order valence-electron chi connectivity index (χ4n) is 2.68. The molecule has 0 spiro atoms. The number of amides is 1. The molecular formula is C20H20N2O4S. The Morgan fingerprint density at radius 3 is 2.67 bits per heavy atom. The van der Waals surface area contributed by atoms with Crippen LogP contribution in [0.25, 0.3) is 10.8 Å². The minimum Gasteiger partial charge on any atom is -0.469 e. The first-order valence-electron chi connectivity index (χ1n) is 8.48. The van der Waals surface area contributed by atoms with Gasteiger partial charge < -0.3 is 14.5 Å². The number of thiophene rings is 1. The second-order valence-electron chi connectivity index (χ2n) is 5.99. The maximum atomic E-state index is 12.6. The SMILES string of the molecule is COC(=O)CC(NC(=O)Cc1nc(-c2cccs2)oc1C)c1ccccc1. The van der Waals surface area contributed by atoms with E-state index in [9.17, 15) is 9.59 Å². The fourth-order valence-corrected chi connectivity index (χ4v) is 3.33. The van der Waals surface area contributed by atoms with Crippen molar-refractivity contribution in [1.82, 2.24) is 10.3 Å². The largest absolute Gasteiger partial charge is 0.469 e. The van der Waals surface area contributed by atoms with E-state index < -0.39 is 6.04 Å². The van der Waals surface area contributed by atoms with Crippen molar-refractivity contribution in [1.29, 1.82) is 0 Å². The Hall–Kier alpha value is -2.93. The normalized spacial score (nSPS) is 11.8. The molecule has 1 atom stereocenters. The van der Waals surface area contributed by atoms with Crippen molar-refractivity contribution in [2.75, 3.05) is 7.11 Å². The van der Waals surface area contributed by atoms with E-state index in [0.29, 0.717) is 17.3 Å². The smallest absolute Gasteiger partial charge is 0.307 e. The highest BCUT2D eigenvalue weighted by atomic mass is 32.1. The van der Waals surface area contributed by atoms with Crippen LogP contribution in [0.2, 0.25) is 0 Å². The number of ether oxygens (including phenoxy) is 1. The molecule has 0 aliphatic heterocycles. The summed E-state index contributed by atoms with van der Waals surface area (Å²) in [7, 11) is 1.33. The summed E-state index contributed by atoms with van der Waals surface area (Å²) in [5.74, 6) is 0.501. The Labute approximate surface area is 161 Å². The van der Waals surface area contributed by atoms with Crippen molar-refractivity contribution in [3.63, 3.8) is 0 Å². The number of oxazole rings is 1. The Morgan fingerprint density at radius 2 is 2.00 bits per heavy atom. The van der Waals surface area contributed by atoms with Crippen LogP contribution in [-0.4, -0.2) is 24.0 Å². The van der Waals surface area contributed by atoms with E-state index in [1.807, 2.05) is 47.8 Å². The summed E-state index contributed by atoms with van der Waals surface area (Å²) in [4.78, 5) is 29.7. The van der Waals surface area contributed by atoms with E-state index in [2.05, 4.69) is 10.3 Å². The first-order valence-corrected chi connectivity index (χ1v) is 9.36. The van der Waals surface area contributed by atoms with Gasteiger partial charge in [-0.05, 0) is 23.9 Å². The third-order valence-electron chi connectivity index (χ3n) is 4.09. The van der Waals surface area contributed by atoms with E-state index in [-0.39, 0.29) is 24.7 Å². The summed E-state index contributed by atoms with van der Waals surface area (Å²) in [6, 6.07) is 12.7. The molecule has 0 fully saturated rings. The second-order valence-corrected chi connectivity index (χ2v) is 6.93. The molecule has 0 aliphatic carbocycles. The number of benzene rings is 1. The molecule has 6 nitrogen and oxygen atoms in total. The molecule has 0 bridgehead atoms. The summed E-state index contributed by atoms with van der Waals surface area (Å²) in [5, 5.41) is 4.84. The Bertz CT molecular complexity index is 903. The third kappa shape index (κ3) is 4.83. The van der Waals surface area contributed by atoms with Crippen LogP contribution in [0.1, 0.15) is 29.5 Å². The number of hydrogen-bond donors (Lipinski definition) is 1. The third-order valence-corrected chi connectivity index (χ3v) is 4.95. The molecule has 0 aliphatic rings. The van der Waals surface area contributed by atoms with Gasteiger partial charge in [0.15, 0.2) is 0 Å². The van der Waals surface area contributed by atoms with Crippen LogP contribution in [0, 0.1) is 6.92 Å². The molecule has 1 amide bonds. The zero-order valence-electron chi connectivity index (χ0n) is 15.1. The molecule has 27 heavy (non-hydrogen) atoms. The monoisotopic (exact) mass is 384 g/mol. The maximum absolute atomic E-state index is 12.6. The van der Waals surface area contributed by atoms with Gasteiger partial charge in [-0.25, -0.2) is 4.98 Å². The van der Waals surface area contributed by atoms with Crippen molar-refractivity contribution in [2.45, 2.75) is 25.8 Å². The standard InChI is InChI=1S/C20H20N2O4S/c1-13-15(22-20(26-13)17-9-6-10-27-17)11-18(23)21-16(12-19(24)25-2)14-7-4-3-5-8-14/h3-10,16H,11-12H2,1-2H3,(H,21,23). The van der Waals surface area contributed by atoms with Gasteiger partial charge in [0.25, 0.3) is 0 Å². The predicted molar refractivity (Wildman–Crippen MR) is 102 cm³/mol. The van der Waals surface area contributed by atoms with Gasteiger partial charge in [-0.15, -0.1) is 11.3 Å². The topological polar surface area (TPSA) is 81.4 Å². The number of nitrogens with one attached hydrogen (secondary N) is 1. The second kappa shape index (κ2) is 8.64. The molecule has 3 aromatic rings. The molecule has 2 heterocycles. The quantitative estimate of drug-likeness (QED) is 0.629. The molecule has 0 radical (unpaired) electrons. The van der Waals surface area contributed by atoms with Crippen LogP contribution in [0.3, 0.4) is 0 Å². The number of esters is 1. The van der Waals surface area contributed by atoms with Crippen LogP contribution < -0.4 is 5.32 Å². The van der Waals surface area contributed by atoms with Crippen LogP contribution in [0.5, 0.6) is 0 Å². The predicted octanol–water partition coefficient (Wildman–Crippen LogP) is 3.67. The van der Waals surface area contributed by atoms with Crippen molar-refractivity contribution < 1.29 is 18.7 Å². The van der Waals surface area contributed by atoms with Crippen LogP contribution >= 0.6 is 11.3 Å². The number of carbonyl (C=O) groups excluding carboxylic acids is 2.